The quantitative estimate of drug-likeness (QED) is 0.154. The van der Waals surface area contributed by atoms with E-state index in [0.717, 1.165) is 27.6 Å². The van der Waals surface area contributed by atoms with Crippen molar-refractivity contribution in [2.75, 3.05) is 11.0 Å². The molecule has 0 saturated heterocycles. The van der Waals surface area contributed by atoms with E-state index in [1.54, 1.807) is 0 Å². The highest BCUT2D eigenvalue weighted by atomic mass is 35.5. The molecule has 1 amide bonds. The van der Waals surface area contributed by atoms with Gasteiger partial charge in [0.1, 0.15) is 52.4 Å². The summed E-state index contributed by atoms with van der Waals surface area (Å²) in [7, 11) is -2.63. The minimum atomic E-state index is -3.97. The molecule has 2 aliphatic carbocycles. The summed E-state index contributed by atoms with van der Waals surface area (Å²) < 4.78 is 147. The Morgan fingerprint density at radius 3 is 2.37 bits per heavy atom. The highest BCUT2D eigenvalue weighted by molar-refractivity contribution is 7.92. The van der Waals surface area contributed by atoms with Gasteiger partial charge >= 0.3 is 0 Å². The third-order valence-electron chi connectivity index (χ3n) is 9.82. The first-order valence-corrected chi connectivity index (χ1v) is 19.1. The monoisotopic (exact) mass is 840 g/mol. The molecule has 3 aromatic heterocycles. The topological polar surface area (TPSA) is 146 Å². The van der Waals surface area contributed by atoms with Crippen LogP contribution in [0.25, 0.3) is 27.5 Å². The summed E-state index contributed by atoms with van der Waals surface area (Å²) in [5, 5.41) is 9.39. The van der Waals surface area contributed by atoms with Crippen molar-refractivity contribution >= 4 is 55.2 Å². The third kappa shape index (κ3) is 6.55. The number of alkyl halides is 4. The van der Waals surface area contributed by atoms with E-state index in [2.05, 4.69) is 25.2 Å². The lowest BCUT2D eigenvalue weighted by Gasteiger charge is -2.24. The first-order chi connectivity index (χ1) is 26.7. The predicted octanol–water partition coefficient (Wildman–Crippen LogP) is 6.30. The van der Waals surface area contributed by atoms with Gasteiger partial charge in [0.2, 0.25) is 15.9 Å². The van der Waals surface area contributed by atoms with E-state index < -0.39 is 116 Å². The Bertz CT molecular complexity index is 2860. The smallest absolute Gasteiger partial charge is 0.293 e. The van der Waals surface area contributed by atoms with Gasteiger partial charge in [-0.15, -0.1) is 0 Å². The zero-order valence-corrected chi connectivity index (χ0v) is 30.7. The Morgan fingerprint density at radius 1 is 1.02 bits per heavy atom. The van der Waals surface area contributed by atoms with Gasteiger partial charge in [-0.3, -0.25) is 28.2 Å². The number of carbonyl (C=O) groups is 1. The maximum Gasteiger partial charge on any atom is 0.293 e. The lowest BCUT2D eigenvalue weighted by molar-refractivity contribution is -0.123. The number of rotatable bonds is 10. The molecule has 8 rings (SSSR count). The molecule has 298 valence electrons. The molecule has 0 bridgehead atoms. The first-order valence-electron chi connectivity index (χ1n) is 16.8. The number of nitrogens with zero attached hydrogens (tertiary/aromatic N) is 6. The number of benzene rings is 3. The minimum absolute atomic E-state index is 0.0450. The van der Waals surface area contributed by atoms with E-state index in [9.17, 15) is 40.0 Å². The summed E-state index contributed by atoms with van der Waals surface area (Å²) in [4.78, 5) is 32.7. The van der Waals surface area contributed by atoms with Crippen LogP contribution in [0.5, 0.6) is 0 Å². The summed E-state index contributed by atoms with van der Waals surface area (Å²) in [6.07, 6.45) is -3.07. The number of aryl methyl sites for hydroxylation is 1. The van der Waals surface area contributed by atoms with Crippen molar-refractivity contribution in [2.24, 2.45) is 13.0 Å². The first kappa shape index (κ1) is 38.3. The second-order valence-electron chi connectivity index (χ2n) is 13.8. The summed E-state index contributed by atoms with van der Waals surface area (Å²) >= 11 is 6.49. The van der Waals surface area contributed by atoms with Gasteiger partial charge in [-0.05, 0) is 42.2 Å². The van der Waals surface area contributed by atoms with Crippen LogP contribution < -0.4 is 15.6 Å². The summed E-state index contributed by atoms with van der Waals surface area (Å²) in [5.41, 5.74) is -4.33. The van der Waals surface area contributed by atoms with Crippen LogP contribution in [0.1, 0.15) is 53.1 Å². The highest BCUT2D eigenvalue weighted by Gasteiger charge is 2.67. The van der Waals surface area contributed by atoms with Gasteiger partial charge in [-0.25, -0.2) is 39.7 Å². The number of hydrogen-bond donors (Lipinski definition) is 2. The van der Waals surface area contributed by atoms with Crippen LogP contribution in [0.3, 0.4) is 0 Å². The molecule has 6 aromatic rings. The summed E-state index contributed by atoms with van der Waals surface area (Å²) in [5.74, 6) is -12.4. The molecule has 1 saturated carbocycles. The van der Waals surface area contributed by atoms with Crippen molar-refractivity contribution in [2.45, 2.75) is 43.7 Å². The number of fused-ring (bicyclic) bond motifs is 5. The Kier molecular flexibility index (Phi) is 8.91. The fourth-order valence-corrected chi connectivity index (χ4v) is 8.36. The molecule has 2 aliphatic rings. The SMILES string of the molecule is Cn1nc(NS(C)(=O)=O)c2c(Cl)ccc(-n3c([C@H](Cc4cc(F)cc(F)c4)NC(=O)Cn4nc(C(F)F)c5c4C(F)(F)[C@@H]4C[C@H]54)nc4cc(F)cc(F)c4c3=O)c21. The molecule has 3 atom stereocenters. The van der Waals surface area contributed by atoms with Gasteiger partial charge in [0.25, 0.3) is 17.9 Å². The Morgan fingerprint density at radius 2 is 1.70 bits per heavy atom. The van der Waals surface area contributed by atoms with Crippen molar-refractivity contribution < 1.29 is 48.3 Å². The number of carbonyl (C=O) groups excluding carboxylic acids is 1. The molecule has 3 aromatic carbocycles. The van der Waals surface area contributed by atoms with Crippen LogP contribution in [0, 0.1) is 29.2 Å². The minimum Gasteiger partial charge on any atom is -0.344 e. The Hall–Kier alpha value is -5.57. The fraction of sp³-hybridized carbons (Fsp3) is 0.286. The van der Waals surface area contributed by atoms with Crippen molar-refractivity contribution in [3.05, 3.63) is 109 Å². The van der Waals surface area contributed by atoms with Crippen molar-refractivity contribution in [3.8, 4) is 5.69 Å². The van der Waals surface area contributed by atoms with Crippen LogP contribution in [-0.4, -0.2) is 49.7 Å². The van der Waals surface area contributed by atoms with Crippen LogP contribution >= 0.6 is 11.6 Å². The normalized spacial score (nSPS) is 17.6. The molecule has 0 aliphatic heterocycles. The van der Waals surface area contributed by atoms with Gasteiger partial charge in [-0.2, -0.15) is 19.0 Å². The van der Waals surface area contributed by atoms with Gasteiger partial charge in [0.05, 0.1) is 39.4 Å². The van der Waals surface area contributed by atoms with Gasteiger partial charge in [-0.1, -0.05) is 11.6 Å². The Balaban J connectivity index is 1.34. The molecule has 0 radical (unpaired) electrons. The molecular weight excluding hydrogens is 816 g/mol. The molecular formula is C35H25ClF8N8O4S. The second kappa shape index (κ2) is 13.3. The van der Waals surface area contributed by atoms with Crippen molar-refractivity contribution in [1.82, 2.24) is 34.4 Å². The second-order valence-corrected chi connectivity index (χ2v) is 16.0. The number of amides is 1. The average Bonchev–Trinajstić information content (AvgIpc) is 3.63. The van der Waals surface area contributed by atoms with E-state index in [1.807, 2.05) is 0 Å². The van der Waals surface area contributed by atoms with E-state index in [0.29, 0.717) is 22.9 Å². The van der Waals surface area contributed by atoms with Crippen LogP contribution in [-0.2, 0) is 40.8 Å². The average molecular weight is 841 g/mol. The van der Waals surface area contributed by atoms with Crippen LogP contribution in [0.4, 0.5) is 40.9 Å². The molecule has 2 N–H and O–H groups in total. The molecule has 3 heterocycles. The summed E-state index contributed by atoms with van der Waals surface area (Å²) in [6.45, 7) is -1.08. The van der Waals surface area contributed by atoms with Crippen LogP contribution in [0.15, 0.2) is 47.3 Å². The molecule has 0 unspecified atom stereocenters. The fourth-order valence-electron chi connectivity index (χ4n) is 7.63. The maximum absolute atomic E-state index is 15.4. The van der Waals surface area contributed by atoms with Crippen molar-refractivity contribution in [1.29, 1.82) is 0 Å². The number of sulfonamides is 1. The number of hydrogen-bond acceptors (Lipinski definition) is 7. The van der Waals surface area contributed by atoms with E-state index in [-0.39, 0.29) is 45.0 Å². The van der Waals surface area contributed by atoms with E-state index in [4.69, 9.17) is 11.6 Å². The van der Waals surface area contributed by atoms with E-state index in [1.165, 1.54) is 19.2 Å². The largest absolute Gasteiger partial charge is 0.344 e. The highest BCUT2D eigenvalue weighted by Crippen LogP contribution is 2.68. The molecule has 1 fully saturated rings. The molecule has 22 heteroatoms. The van der Waals surface area contributed by atoms with Gasteiger partial charge in [0, 0.05) is 43.1 Å². The number of anilines is 1. The van der Waals surface area contributed by atoms with Gasteiger partial charge < -0.3 is 5.32 Å². The zero-order chi connectivity index (χ0) is 41.0. The number of aromatic nitrogens is 6. The molecule has 0 spiro atoms. The number of nitrogens with one attached hydrogen (secondary N) is 2. The molecule has 12 nitrogen and oxygen atoms in total. The standard InChI is InChI=1S/C35H25ClF8N8O4S/c1-50-29-23(4-3-19(36)26(29)32(48-50)49-57(2,55)56)52-33(46-21-10-16(39)9-20(40)27(21)34(52)54)22(7-13-5-14(37)8-15(38)6-13)45-24(53)12-51-30-25(28(47-51)31(41)42)17-11-18(17)35(30,43)44/h3-6,8-10,17-18,22,31H,7,11-12H2,1-2H3,(H,45,53)(H,48,49)/t17-,18+,22-/m0/s1. The van der Waals surface area contributed by atoms with Crippen LogP contribution in [0.2, 0.25) is 5.02 Å². The lowest BCUT2D eigenvalue weighted by Crippen LogP contribution is -2.38. The Labute approximate surface area is 320 Å². The van der Waals surface area contributed by atoms with Crippen molar-refractivity contribution in [3.63, 3.8) is 0 Å². The van der Waals surface area contributed by atoms with Gasteiger partial charge in [0.15, 0.2) is 5.82 Å². The third-order valence-corrected chi connectivity index (χ3v) is 10.7. The number of halogens is 9. The summed E-state index contributed by atoms with van der Waals surface area (Å²) in [6, 6.07) is 4.17. The van der Waals surface area contributed by atoms with E-state index >= 15 is 13.2 Å². The molecule has 57 heavy (non-hydrogen) atoms. The maximum atomic E-state index is 15.4. The zero-order valence-electron chi connectivity index (χ0n) is 29.1. The lowest BCUT2D eigenvalue weighted by atomic mass is 10.0. The predicted molar refractivity (Wildman–Crippen MR) is 188 cm³/mol.